The topological polar surface area (TPSA) is 78.9 Å². The van der Waals surface area contributed by atoms with Crippen LogP contribution in [0.1, 0.15) is 284 Å². The van der Waals surface area contributed by atoms with Crippen LogP contribution in [0.2, 0.25) is 0 Å². The highest BCUT2D eigenvalue weighted by molar-refractivity contribution is 5.71. The fourth-order valence-corrected chi connectivity index (χ4v) is 8.09. The molecule has 0 heterocycles. The second kappa shape index (κ2) is 56.4. The molecule has 1 atom stereocenters. The second-order valence-corrected chi connectivity index (χ2v) is 19.2. The van der Waals surface area contributed by atoms with E-state index in [1.165, 1.54) is 128 Å². The Morgan fingerprint density at radius 2 is 0.618 bits per heavy atom. The molecule has 68 heavy (non-hydrogen) atoms. The highest BCUT2D eigenvalue weighted by Gasteiger charge is 2.19. The van der Waals surface area contributed by atoms with Crippen molar-refractivity contribution in [1.82, 2.24) is 0 Å². The lowest BCUT2D eigenvalue weighted by Crippen LogP contribution is -2.30. The zero-order chi connectivity index (χ0) is 49.3. The van der Waals surface area contributed by atoms with Gasteiger partial charge in [-0.25, -0.2) is 0 Å². The molecule has 0 aromatic carbocycles. The fourth-order valence-electron chi connectivity index (χ4n) is 8.09. The number of hydrogen-bond donors (Lipinski definition) is 0. The summed E-state index contributed by atoms with van der Waals surface area (Å²) in [6.07, 6.45) is 71.7. The molecular weight excluding hydrogens is 841 g/mol. The number of esters is 3. The predicted molar refractivity (Wildman–Crippen MR) is 293 cm³/mol. The average molecular weight is 950 g/mol. The van der Waals surface area contributed by atoms with Crippen molar-refractivity contribution in [2.24, 2.45) is 0 Å². The molecule has 6 nitrogen and oxygen atoms in total. The van der Waals surface area contributed by atoms with Crippen molar-refractivity contribution in [3.8, 4) is 0 Å². The monoisotopic (exact) mass is 949 g/mol. The molecule has 0 aliphatic heterocycles. The molecule has 0 radical (unpaired) electrons. The Labute approximate surface area is 421 Å². The summed E-state index contributed by atoms with van der Waals surface area (Å²) in [7, 11) is 0. The van der Waals surface area contributed by atoms with Gasteiger partial charge in [-0.2, -0.15) is 0 Å². The van der Waals surface area contributed by atoms with Crippen LogP contribution in [-0.4, -0.2) is 37.2 Å². The summed E-state index contributed by atoms with van der Waals surface area (Å²) in [5.41, 5.74) is 0. The van der Waals surface area contributed by atoms with Gasteiger partial charge in [0.2, 0.25) is 0 Å². The summed E-state index contributed by atoms with van der Waals surface area (Å²) < 4.78 is 16.9. The molecule has 0 bridgehead atoms. The van der Waals surface area contributed by atoms with Crippen LogP contribution >= 0.6 is 0 Å². The maximum atomic E-state index is 12.9. The number of carbonyl (C=O) groups excluding carboxylic acids is 3. The number of unbranched alkanes of at least 4 members (excludes halogenated alkanes) is 30. The van der Waals surface area contributed by atoms with Crippen molar-refractivity contribution < 1.29 is 28.6 Å². The van der Waals surface area contributed by atoms with Crippen molar-refractivity contribution in [3.05, 3.63) is 72.9 Å². The molecule has 0 saturated heterocycles. The smallest absolute Gasteiger partial charge is 0.306 e. The molecule has 0 aliphatic carbocycles. The molecule has 0 fully saturated rings. The summed E-state index contributed by atoms with van der Waals surface area (Å²) >= 11 is 0. The van der Waals surface area contributed by atoms with Crippen molar-refractivity contribution in [2.75, 3.05) is 13.2 Å². The first kappa shape index (κ1) is 64.8. The number of carbonyl (C=O) groups is 3. The van der Waals surface area contributed by atoms with Gasteiger partial charge in [-0.3, -0.25) is 14.4 Å². The molecule has 0 aromatic rings. The van der Waals surface area contributed by atoms with E-state index in [1.807, 2.05) is 0 Å². The average Bonchev–Trinajstić information content (AvgIpc) is 3.34. The number of hydrogen-bond acceptors (Lipinski definition) is 6. The third-order valence-corrected chi connectivity index (χ3v) is 12.4. The van der Waals surface area contributed by atoms with E-state index >= 15 is 0 Å². The van der Waals surface area contributed by atoms with Crippen molar-refractivity contribution in [2.45, 2.75) is 290 Å². The zero-order valence-electron chi connectivity index (χ0n) is 44.9. The van der Waals surface area contributed by atoms with E-state index in [9.17, 15) is 14.4 Å². The number of ether oxygens (including phenoxy) is 3. The second-order valence-electron chi connectivity index (χ2n) is 19.2. The van der Waals surface area contributed by atoms with Crippen LogP contribution in [0.25, 0.3) is 0 Å². The Balaban J connectivity index is 4.43. The largest absolute Gasteiger partial charge is 0.462 e. The van der Waals surface area contributed by atoms with Crippen LogP contribution in [0.5, 0.6) is 0 Å². The van der Waals surface area contributed by atoms with Gasteiger partial charge in [0.15, 0.2) is 6.10 Å². The normalized spacial score (nSPS) is 12.6. The first-order valence-corrected chi connectivity index (χ1v) is 29.0. The Bertz CT molecular complexity index is 1270. The third-order valence-electron chi connectivity index (χ3n) is 12.4. The van der Waals surface area contributed by atoms with Crippen molar-refractivity contribution in [3.63, 3.8) is 0 Å². The van der Waals surface area contributed by atoms with Gasteiger partial charge in [0.25, 0.3) is 0 Å². The van der Waals surface area contributed by atoms with Crippen LogP contribution in [0.4, 0.5) is 0 Å². The molecule has 0 aliphatic rings. The van der Waals surface area contributed by atoms with Gasteiger partial charge in [0.05, 0.1) is 0 Å². The lowest BCUT2D eigenvalue weighted by molar-refractivity contribution is -0.167. The SMILES string of the molecule is CC/C=C\C/C=C\C/C=C\CCCCCCCCC(=O)OC(COC(=O)CCCCCCC/C=C\C=C/CCCCCCCCC)COC(=O)CCCCCCC/C=C\CCCCCCCCC. The van der Waals surface area contributed by atoms with E-state index in [2.05, 4.69) is 93.7 Å². The van der Waals surface area contributed by atoms with Gasteiger partial charge < -0.3 is 14.2 Å². The molecule has 0 rings (SSSR count). The van der Waals surface area contributed by atoms with Gasteiger partial charge in [-0.05, 0) is 103 Å². The highest BCUT2D eigenvalue weighted by atomic mass is 16.6. The van der Waals surface area contributed by atoms with E-state index in [4.69, 9.17) is 14.2 Å². The maximum Gasteiger partial charge on any atom is 0.306 e. The van der Waals surface area contributed by atoms with Gasteiger partial charge >= 0.3 is 17.9 Å². The third kappa shape index (κ3) is 53.8. The molecule has 6 heteroatoms. The number of rotatable bonds is 52. The minimum Gasteiger partial charge on any atom is -0.462 e. The number of allylic oxidation sites excluding steroid dienone is 12. The Kier molecular flexibility index (Phi) is 53.8. The van der Waals surface area contributed by atoms with Gasteiger partial charge in [-0.1, -0.05) is 235 Å². The van der Waals surface area contributed by atoms with E-state index in [0.29, 0.717) is 19.3 Å². The van der Waals surface area contributed by atoms with Crippen molar-refractivity contribution in [1.29, 1.82) is 0 Å². The standard InChI is InChI=1S/C62H108O6/c1-4-7-10-13-16-19-22-25-28-31-32-35-37-40-43-46-49-52-55-61(64)67-58-59(68-62(65)56-53-50-47-44-41-38-34-30-27-24-21-18-15-12-9-6-3)57-66-60(63)54-51-48-45-42-39-36-33-29-26-23-20-17-14-11-8-5-2/h9,12,18,21,27-33,35,59H,4-8,10-11,13-17,19-20,22-26,34,36-58H2,1-3H3/b12-9-,21-18-,30-27-,31-28-,33-29-,35-32-. The van der Waals surface area contributed by atoms with E-state index in [-0.39, 0.29) is 31.1 Å². The van der Waals surface area contributed by atoms with Gasteiger partial charge in [-0.15, -0.1) is 0 Å². The molecule has 0 saturated carbocycles. The van der Waals surface area contributed by atoms with Crippen LogP contribution in [0.15, 0.2) is 72.9 Å². The molecule has 1 unspecified atom stereocenters. The lowest BCUT2D eigenvalue weighted by atomic mass is 10.1. The highest BCUT2D eigenvalue weighted by Crippen LogP contribution is 2.15. The Morgan fingerprint density at radius 3 is 1.00 bits per heavy atom. The summed E-state index contributed by atoms with van der Waals surface area (Å²) in [5, 5.41) is 0. The first-order valence-electron chi connectivity index (χ1n) is 29.0. The lowest BCUT2D eigenvalue weighted by Gasteiger charge is -2.18. The van der Waals surface area contributed by atoms with Crippen molar-refractivity contribution >= 4 is 17.9 Å². The maximum absolute atomic E-state index is 12.9. The predicted octanol–water partition coefficient (Wildman–Crippen LogP) is 19.4. The zero-order valence-corrected chi connectivity index (χ0v) is 44.9. The van der Waals surface area contributed by atoms with E-state index < -0.39 is 6.10 Å². The molecular formula is C62H108O6. The minimum absolute atomic E-state index is 0.0898. The van der Waals surface area contributed by atoms with E-state index in [0.717, 1.165) is 116 Å². The van der Waals surface area contributed by atoms with Crippen LogP contribution < -0.4 is 0 Å². The van der Waals surface area contributed by atoms with Crippen LogP contribution in [-0.2, 0) is 28.6 Å². The fraction of sp³-hybridized carbons (Fsp3) is 0.758. The summed E-state index contributed by atoms with van der Waals surface area (Å²) in [6, 6.07) is 0. The van der Waals surface area contributed by atoms with Crippen LogP contribution in [0.3, 0.4) is 0 Å². The molecule has 0 aromatic heterocycles. The Hall–Kier alpha value is -3.15. The summed E-state index contributed by atoms with van der Waals surface area (Å²) in [5.74, 6) is -0.918. The Morgan fingerprint density at radius 1 is 0.324 bits per heavy atom. The van der Waals surface area contributed by atoms with Gasteiger partial charge in [0.1, 0.15) is 13.2 Å². The molecule has 0 amide bonds. The summed E-state index contributed by atoms with van der Waals surface area (Å²) in [4.78, 5) is 38.2. The quantitative estimate of drug-likeness (QED) is 0.0199. The minimum atomic E-state index is -0.793. The van der Waals surface area contributed by atoms with Crippen LogP contribution in [0, 0.1) is 0 Å². The van der Waals surface area contributed by atoms with Gasteiger partial charge in [0, 0.05) is 19.3 Å². The molecule has 392 valence electrons. The molecule has 0 N–H and O–H groups in total. The first-order chi connectivity index (χ1) is 33.5. The summed E-state index contributed by atoms with van der Waals surface area (Å²) in [6.45, 7) is 6.51. The van der Waals surface area contributed by atoms with E-state index in [1.54, 1.807) is 0 Å². The molecule has 0 spiro atoms.